The van der Waals surface area contributed by atoms with Crippen LogP contribution >= 0.6 is 0 Å². The van der Waals surface area contributed by atoms with Gasteiger partial charge in [0.2, 0.25) is 15.9 Å². The Hall–Kier alpha value is -2.91. The number of hydrogen-bond donors (Lipinski definition) is 0. The third-order valence-electron chi connectivity index (χ3n) is 5.57. The number of carbonyl (C=O) groups is 1. The van der Waals surface area contributed by atoms with Gasteiger partial charge in [0.15, 0.2) is 5.58 Å². The molecule has 0 atom stereocenters. The van der Waals surface area contributed by atoms with E-state index in [4.69, 9.17) is 4.42 Å². The molecule has 0 spiro atoms. The highest BCUT2D eigenvalue weighted by Crippen LogP contribution is 2.21. The van der Waals surface area contributed by atoms with Crippen LogP contribution in [0.15, 0.2) is 56.6 Å². The van der Waals surface area contributed by atoms with Crippen molar-refractivity contribution < 1.29 is 17.6 Å². The third-order valence-corrected chi connectivity index (χ3v) is 7.47. The molecule has 2 aromatic carbocycles. The van der Waals surface area contributed by atoms with Crippen LogP contribution in [0.3, 0.4) is 0 Å². The fourth-order valence-corrected chi connectivity index (χ4v) is 5.11. The maximum absolute atomic E-state index is 12.9. The van der Waals surface area contributed by atoms with E-state index in [2.05, 4.69) is 0 Å². The number of piperazine rings is 1. The van der Waals surface area contributed by atoms with Crippen LogP contribution in [-0.4, -0.2) is 54.3 Å². The molecule has 2 heterocycles. The summed E-state index contributed by atoms with van der Waals surface area (Å²) in [4.78, 5) is 26.7. The smallest absolute Gasteiger partial charge is 0.408 e. The Morgan fingerprint density at radius 1 is 1.00 bits per heavy atom. The van der Waals surface area contributed by atoms with E-state index in [0.717, 1.165) is 11.1 Å². The molecule has 1 amide bonds. The number of rotatable bonds is 4. The predicted octanol–water partition coefficient (Wildman–Crippen LogP) is 1.74. The second-order valence-electron chi connectivity index (χ2n) is 7.45. The van der Waals surface area contributed by atoms with Gasteiger partial charge < -0.3 is 9.32 Å². The summed E-state index contributed by atoms with van der Waals surface area (Å²) in [5, 5.41) is 0. The normalized spacial score (nSPS) is 15.6. The lowest BCUT2D eigenvalue weighted by Gasteiger charge is -2.34. The van der Waals surface area contributed by atoms with Crippen molar-refractivity contribution in [2.75, 3.05) is 26.2 Å². The summed E-state index contributed by atoms with van der Waals surface area (Å²) in [6, 6.07) is 12.0. The number of hydrogen-bond acceptors (Lipinski definition) is 5. The average Bonchev–Trinajstić information content (AvgIpc) is 3.05. The summed E-state index contributed by atoms with van der Waals surface area (Å²) in [5.74, 6) is -0.826. The van der Waals surface area contributed by atoms with Crippen LogP contribution in [0.2, 0.25) is 0 Å². The van der Waals surface area contributed by atoms with Gasteiger partial charge >= 0.3 is 5.76 Å². The minimum atomic E-state index is -3.61. The summed E-state index contributed by atoms with van der Waals surface area (Å²) in [6.45, 7) is 4.64. The summed E-state index contributed by atoms with van der Waals surface area (Å²) in [5.41, 5.74) is 2.94. The first-order chi connectivity index (χ1) is 14.3. The number of aromatic nitrogens is 1. The SMILES string of the molecule is Cc1ccc(S(=O)(=O)N2CCN(C(=O)Cn3c(=O)oc4ccccc43)CC2)cc1C. The highest BCUT2D eigenvalue weighted by molar-refractivity contribution is 7.89. The van der Waals surface area contributed by atoms with Gasteiger partial charge in [-0.05, 0) is 49.2 Å². The Labute approximate surface area is 174 Å². The molecule has 0 bridgehead atoms. The quantitative estimate of drug-likeness (QED) is 0.630. The van der Waals surface area contributed by atoms with Gasteiger partial charge in [0.25, 0.3) is 0 Å². The van der Waals surface area contributed by atoms with Crippen molar-refractivity contribution in [2.24, 2.45) is 0 Å². The number of nitrogens with zero attached hydrogens (tertiary/aromatic N) is 3. The minimum Gasteiger partial charge on any atom is -0.408 e. The van der Waals surface area contributed by atoms with Gasteiger partial charge in [-0.2, -0.15) is 4.31 Å². The van der Waals surface area contributed by atoms with Gasteiger partial charge in [-0.1, -0.05) is 18.2 Å². The lowest BCUT2D eigenvalue weighted by Crippen LogP contribution is -2.51. The average molecular weight is 429 g/mol. The first-order valence-electron chi connectivity index (χ1n) is 9.71. The maximum Gasteiger partial charge on any atom is 0.420 e. The number of carbonyl (C=O) groups excluding carboxylic acids is 1. The van der Waals surface area contributed by atoms with Gasteiger partial charge in [0.1, 0.15) is 6.54 Å². The maximum atomic E-state index is 12.9. The van der Waals surface area contributed by atoms with E-state index in [-0.39, 0.29) is 43.5 Å². The van der Waals surface area contributed by atoms with Crippen LogP contribution in [0.5, 0.6) is 0 Å². The molecule has 0 saturated carbocycles. The van der Waals surface area contributed by atoms with Crippen molar-refractivity contribution in [2.45, 2.75) is 25.3 Å². The van der Waals surface area contributed by atoms with Crippen LogP contribution in [0.1, 0.15) is 11.1 Å². The zero-order valence-corrected chi connectivity index (χ0v) is 17.7. The Bertz CT molecular complexity index is 1270. The molecule has 30 heavy (non-hydrogen) atoms. The van der Waals surface area contributed by atoms with Crippen molar-refractivity contribution in [3.05, 3.63) is 64.1 Å². The van der Waals surface area contributed by atoms with Crippen LogP contribution in [0, 0.1) is 13.8 Å². The molecule has 0 N–H and O–H groups in total. The number of para-hydroxylation sites is 2. The van der Waals surface area contributed by atoms with Gasteiger partial charge in [-0.25, -0.2) is 13.2 Å². The van der Waals surface area contributed by atoms with E-state index < -0.39 is 15.8 Å². The zero-order valence-electron chi connectivity index (χ0n) is 16.9. The molecular formula is C21H23N3O5S. The lowest BCUT2D eigenvalue weighted by molar-refractivity contribution is -0.133. The summed E-state index contributed by atoms with van der Waals surface area (Å²) in [6.07, 6.45) is 0. The number of sulfonamides is 1. The molecule has 4 rings (SSSR count). The van der Waals surface area contributed by atoms with E-state index in [1.807, 2.05) is 13.8 Å². The van der Waals surface area contributed by atoms with Gasteiger partial charge in [0, 0.05) is 26.2 Å². The minimum absolute atomic E-state index is 0.139. The van der Waals surface area contributed by atoms with Gasteiger partial charge in [-0.15, -0.1) is 0 Å². The van der Waals surface area contributed by atoms with Gasteiger partial charge in [0.05, 0.1) is 10.4 Å². The first kappa shape index (κ1) is 20.4. The highest BCUT2D eigenvalue weighted by atomic mass is 32.2. The molecule has 0 unspecified atom stereocenters. The zero-order chi connectivity index (χ0) is 21.5. The second kappa shape index (κ2) is 7.73. The molecular weight excluding hydrogens is 406 g/mol. The fourth-order valence-electron chi connectivity index (χ4n) is 3.60. The number of fused-ring (bicyclic) bond motifs is 1. The molecule has 1 saturated heterocycles. The second-order valence-corrected chi connectivity index (χ2v) is 9.39. The number of aryl methyl sites for hydroxylation is 2. The van der Waals surface area contributed by atoms with Gasteiger partial charge in [-0.3, -0.25) is 9.36 Å². The summed E-state index contributed by atoms with van der Waals surface area (Å²) in [7, 11) is -3.61. The Kier molecular flexibility index (Phi) is 5.25. The molecule has 8 nitrogen and oxygen atoms in total. The van der Waals surface area contributed by atoms with E-state index in [1.165, 1.54) is 8.87 Å². The Morgan fingerprint density at radius 2 is 1.70 bits per heavy atom. The third kappa shape index (κ3) is 3.66. The molecule has 1 aliphatic rings. The number of oxazole rings is 1. The van der Waals surface area contributed by atoms with Crippen LogP contribution in [0.4, 0.5) is 0 Å². The standard InChI is InChI=1S/C21H23N3O5S/c1-15-7-8-17(13-16(15)2)30(27,28)23-11-9-22(10-12-23)20(25)14-24-18-5-3-4-6-19(18)29-21(24)26/h3-8,13H,9-12,14H2,1-2H3. The highest BCUT2D eigenvalue weighted by Gasteiger charge is 2.30. The number of benzene rings is 2. The Balaban J connectivity index is 1.45. The van der Waals surface area contributed by atoms with E-state index in [0.29, 0.717) is 11.1 Å². The summed E-state index contributed by atoms with van der Waals surface area (Å²) >= 11 is 0. The lowest BCUT2D eigenvalue weighted by atomic mass is 10.1. The van der Waals surface area contributed by atoms with Crippen molar-refractivity contribution in [3.63, 3.8) is 0 Å². The van der Waals surface area contributed by atoms with Crippen LogP contribution in [0.25, 0.3) is 11.1 Å². The molecule has 0 radical (unpaired) electrons. The van der Waals surface area contributed by atoms with Crippen molar-refractivity contribution in [1.82, 2.24) is 13.8 Å². The topological polar surface area (TPSA) is 92.8 Å². The van der Waals surface area contributed by atoms with Crippen molar-refractivity contribution in [1.29, 1.82) is 0 Å². The summed E-state index contributed by atoms with van der Waals surface area (Å²) < 4.78 is 33.7. The predicted molar refractivity (Wildman–Crippen MR) is 112 cm³/mol. The first-order valence-corrected chi connectivity index (χ1v) is 11.1. The van der Waals surface area contributed by atoms with E-state index >= 15 is 0 Å². The molecule has 1 aromatic heterocycles. The van der Waals surface area contributed by atoms with Crippen molar-refractivity contribution in [3.8, 4) is 0 Å². The fraction of sp³-hybridized carbons (Fsp3) is 0.333. The largest absolute Gasteiger partial charge is 0.420 e. The molecule has 1 fully saturated rings. The Morgan fingerprint density at radius 3 is 2.40 bits per heavy atom. The van der Waals surface area contributed by atoms with E-state index in [1.54, 1.807) is 47.4 Å². The van der Waals surface area contributed by atoms with Crippen LogP contribution < -0.4 is 5.76 Å². The van der Waals surface area contributed by atoms with Crippen molar-refractivity contribution >= 4 is 27.0 Å². The van der Waals surface area contributed by atoms with E-state index in [9.17, 15) is 18.0 Å². The van der Waals surface area contributed by atoms with Crippen LogP contribution in [-0.2, 0) is 21.4 Å². The molecule has 1 aliphatic heterocycles. The monoisotopic (exact) mass is 429 g/mol. The molecule has 0 aliphatic carbocycles. The molecule has 9 heteroatoms. The molecule has 3 aromatic rings. The number of amides is 1. The molecule has 158 valence electrons.